The van der Waals surface area contributed by atoms with Crippen molar-refractivity contribution in [3.05, 3.63) is 0 Å². The number of carbonyl (C=O) groups excluding carboxylic acids is 3. The average Bonchev–Trinajstić information content (AvgIpc) is 2.62. The van der Waals surface area contributed by atoms with Crippen molar-refractivity contribution < 1.29 is 34.2 Å². The van der Waals surface area contributed by atoms with E-state index in [0.29, 0.717) is 6.42 Å². The van der Waals surface area contributed by atoms with E-state index in [-0.39, 0.29) is 11.8 Å². The van der Waals surface area contributed by atoms with E-state index in [4.69, 9.17) is 15.9 Å². The molecule has 166 valence electrons. The molecule has 0 saturated carbocycles. The van der Waals surface area contributed by atoms with E-state index in [2.05, 4.69) is 16.0 Å². The van der Waals surface area contributed by atoms with Gasteiger partial charge >= 0.3 is 11.9 Å². The summed E-state index contributed by atoms with van der Waals surface area (Å²) in [5.41, 5.74) is 5.80. The third-order valence-electron chi connectivity index (χ3n) is 4.55. The lowest BCUT2D eigenvalue weighted by Crippen LogP contribution is -2.57. The van der Waals surface area contributed by atoms with E-state index in [9.17, 15) is 24.0 Å². The number of nitrogens with two attached hydrogens (primary N) is 1. The van der Waals surface area contributed by atoms with E-state index in [0.717, 1.165) is 0 Å². The maximum atomic E-state index is 12.4. The largest absolute Gasteiger partial charge is 0.481 e. The summed E-state index contributed by atoms with van der Waals surface area (Å²) in [5.74, 6) is -5.44. The lowest BCUT2D eigenvalue weighted by atomic mass is 9.99. The molecule has 0 bridgehead atoms. The summed E-state index contributed by atoms with van der Waals surface area (Å²) in [7, 11) is 0. The van der Waals surface area contributed by atoms with E-state index in [1.54, 1.807) is 20.8 Å². The molecule has 11 heteroatoms. The molecule has 0 aromatic heterocycles. The summed E-state index contributed by atoms with van der Waals surface area (Å²) in [6.07, 6.45) is -0.0922. The molecule has 3 amide bonds. The zero-order valence-electron chi connectivity index (χ0n) is 17.4. The van der Waals surface area contributed by atoms with E-state index < -0.39 is 60.2 Å². The lowest BCUT2D eigenvalue weighted by Gasteiger charge is -2.24. The van der Waals surface area contributed by atoms with Crippen molar-refractivity contribution in [2.24, 2.45) is 17.6 Å². The first-order valence-corrected chi connectivity index (χ1v) is 9.43. The molecule has 0 radical (unpaired) electrons. The van der Waals surface area contributed by atoms with Crippen LogP contribution in [0.5, 0.6) is 0 Å². The summed E-state index contributed by atoms with van der Waals surface area (Å²) in [5, 5.41) is 25.1. The minimum absolute atomic E-state index is 0.183. The van der Waals surface area contributed by atoms with E-state index in [1.165, 1.54) is 6.92 Å². The Hall–Kier alpha value is -2.69. The molecule has 0 fully saturated rings. The topological polar surface area (TPSA) is 188 Å². The molecule has 0 heterocycles. The quantitative estimate of drug-likeness (QED) is 0.235. The molecule has 0 spiro atoms. The van der Waals surface area contributed by atoms with Crippen molar-refractivity contribution in [2.45, 2.75) is 71.6 Å². The SMILES string of the molecule is CCC(C)C(N)C(=O)NC(CC(=O)O)C(=O)NC(C)C(=O)NC(C(=O)O)C(C)C. The number of hydrogen-bond acceptors (Lipinski definition) is 6. The van der Waals surface area contributed by atoms with Gasteiger partial charge in [0, 0.05) is 0 Å². The van der Waals surface area contributed by atoms with Gasteiger partial charge in [0.05, 0.1) is 12.5 Å². The fourth-order valence-electron chi connectivity index (χ4n) is 2.34. The zero-order chi connectivity index (χ0) is 22.9. The molecule has 7 N–H and O–H groups in total. The van der Waals surface area contributed by atoms with Gasteiger partial charge in [0.1, 0.15) is 18.1 Å². The van der Waals surface area contributed by atoms with Gasteiger partial charge in [-0.1, -0.05) is 34.1 Å². The van der Waals surface area contributed by atoms with Gasteiger partial charge in [-0.25, -0.2) is 4.79 Å². The molecule has 11 nitrogen and oxygen atoms in total. The van der Waals surface area contributed by atoms with Crippen molar-refractivity contribution in [2.75, 3.05) is 0 Å². The minimum atomic E-state index is -1.44. The summed E-state index contributed by atoms with van der Waals surface area (Å²) in [6, 6.07) is -4.66. The molecular weight excluding hydrogens is 384 g/mol. The zero-order valence-corrected chi connectivity index (χ0v) is 17.4. The first-order chi connectivity index (χ1) is 13.3. The first kappa shape index (κ1) is 26.3. The normalized spacial score (nSPS) is 16.1. The molecule has 0 aliphatic rings. The molecule has 0 aliphatic heterocycles. The highest BCUT2D eigenvalue weighted by Crippen LogP contribution is 2.07. The number of carboxylic acids is 2. The van der Waals surface area contributed by atoms with Gasteiger partial charge < -0.3 is 31.9 Å². The predicted molar refractivity (Wildman–Crippen MR) is 104 cm³/mol. The molecule has 0 aromatic carbocycles. The fraction of sp³-hybridized carbons (Fsp3) is 0.722. The van der Waals surface area contributed by atoms with Gasteiger partial charge in [0.25, 0.3) is 0 Å². The van der Waals surface area contributed by atoms with Crippen molar-refractivity contribution in [3.8, 4) is 0 Å². The molecule has 0 aromatic rings. The first-order valence-electron chi connectivity index (χ1n) is 9.43. The van der Waals surface area contributed by atoms with Crippen LogP contribution in [0.4, 0.5) is 0 Å². The number of carboxylic acid groups (broad SMARTS) is 2. The molecule has 5 unspecified atom stereocenters. The highest BCUT2D eigenvalue weighted by atomic mass is 16.4. The van der Waals surface area contributed by atoms with Crippen LogP contribution in [0.3, 0.4) is 0 Å². The number of rotatable bonds is 12. The second-order valence-corrected chi connectivity index (χ2v) is 7.37. The Kier molecular flexibility index (Phi) is 10.9. The smallest absolute Gasteiger partial charge is 0.326 e. The van der Waals surface area contributed by atoms with Crippen molar-refractivity contribution in [1.82, 2.24) is 16.0 Å². The molecule has 0 aliphatic carbocycles. The van der Waals surface area contributed by atoms with Gasteiger partial charge in [-0.2, -0.15) is 0 Å². The second-order valence-electron chi connectivity index (χ2n) is 7.37. The third-order valence-corrected chi connectivity index (χ3v) is 4.55. The van der Waals surface area contributed by atoms with Crippen molar-refractivity contribution in [1.29, 1.82) is 0 Å². The van der Waals surface area contributed by atoms with Crippen LogP contribution in [-0.4, -0.2) is 64.0 Å². The average molecular weight is 416 g/mol. The van der Waals surface area contributed by atoms with Crippen LogP contribution in [-0.2, 0) is 24.0 Å². The standard InChI is InChI=1S/C18H32N4O7/c1-6-9(4)13(19)17(27)21-11(7-12(23)24)16(26)20-10(5)15(25)22-14(8(2)3)18(28)29/h8-11,13-14H,6-7,19H2,1-5H3,(H,20,26)(H,21,27)(H,22,25)(H,23,24)(H,28,29). The Labute approximate surface area is 169 Å². The minimum Gasteiger partial charge on any atom is -0.481 e. The summed E-state index contributed by atoms with van der Waals surface area (Å²) in [6.45, 7) is 8.12. The monoisotopic (exact) mass is 416 g/mol. The Morgan fingerprint density at radius 2 is 1.41 bits per heavy atom. The lowest BCUT2D eigenvalue weighted by molar-refractivity contribution is -0.144. The molecular formula is C18H32N4O7. The van der Waals surface area contributed by atoms with Crippen LogP contribution in [0.2, 0.25) is 0 Å². The maximum absolute atomic E-state index is 12.4. The third kappa shape index (κ3) is 8.90. The predicted octanol–water partition coefficient (Wildman–Crippen LogP) is -0.951. The summed E-state index contributed by atoms with van der Waals surface area (Å²) in [4.78, 5) is 59.1. The Morgan fingerprint density at radius 3 is 1.83 bits per heavy atom. The van der Waals surface area contributed by atoms with Crippen molar-refractivity contribution in [3.63, 3.8) is 0 Å². The van der Waals surface area contributed by atoms with Crippen LogP contribution in [0.15, 0.2) is 0 Å². The van der Waals surface area contributed by atoms with E-state index >= 15 is 0 Å². The van der Waals surface area contributed by atoms with Gasteiger partial charge in [0.2, 0.25) is 17.7 Å². The Balaban J connectivity index is 5.13. The van der Waals surface area contributed by atoms with Gasteiger partial charge in [-0.15, -0.1) is 0 Å². The van der Waals surface area contributed by atoms with Crippen LogP contribution >= 0.6 is 0 Å². The van der Waals surface area contributed by atoms with Crippen LogP contribution in [0, 0.1) is 11.8 Å². The summed E-state index contributed by atoms with van der Waals surface area (Å²) < 4.78 is 0. The molecule has 29 heavy (non-hydrogen) atoms. The number of amides is 3. The van der Waals surface area contributed by atoms with Gasteiger partial charge in [-0.3, -0.25) is 19.2 Å². The molecule has 0 rings (SSSR count). The van der Waals surface area contributed by atoms with E-state index in [1.807, 2.05) is 6.92 Å². The Bertz CT molecular complexity index is 623. The number of aliphatic carboxylic acids is 2. The number of nitrogens with one attached hydrogen (secondary N) is 3. The highest BCUT2D eigenvalue weighted by molar-refractivity contribution is 5.95. The fourth-order valence-corrected chi connectivity index (χ4v) is 2.34. The molecule has 5 atom stereocenters. The Morgan fingerprint density at radius 1 is 0.862 bits per heavy atom. The molecule has 0 saturated heterocycles. The van der Waals surface area contributed by atoms with Crippen LogP contribution in [0.1, 0.15) is 47.5 Å². The highest BCUT2D eigenvalue weighted by Gasteiger charge is 2.31. The van der Waals surface area contributed by atoms with Gasteiger partial charge in [0.15, 0.2) is 0 Å². The van der Waals surface area contributed by atoms with Crippen LogP contribution < -0.4 is 21.7 Å². The summed E-state index contributed by atoms with van der Waals surface area (Å²) >= 11 is 0. The van der Waals surface area contributed by atoms with Crippen molar-refractivity contribution >= 4 is 29.7 Å². The number of carbonyl (C=O) groups is 5. The van der Waals surface area contributed by atoms with Crippen LogP contribution in [0.25, 0.3) is 0 Å². The maximum Gasteiger partial charge on any atom is 0.326 e. The van der Waals surface area contributed by atoms with Gasteiger partial charge in [-0.05, 0) is 18.8 Å². The second kappa shape index (κ2) is 12.0. The number of hydrogen-bond donors (Lipinski definition) is 6.